The lowest BCUT2D eigenvalue weighted by Crippen LogP contribution is -2.35. The van der Waals surface area contributed by atoms with Gasteiger partial charge in [0.05, 0.1) is 34.1 Å². The Morgan fingerprint density at radius 2 is 1.66 bits per heavy atom. The molecule has 0 aromatic heterocycles. The third kappa shape index (κ3) is 6.62. The summed E-state index contributed by atoms with van der Waals surface area (Å²) in [6.07, 6.45) is 1.30. The minimum absolute atomic E-state index is 0.209. The lowest BCUT2D eigenvalue weighted by molar-refractivity contribution is -0.139. The molecule has 0 saturated carbocycles. The van der Waals surface area contributed by atoms with E-state index in [4.69, 9.17) is 24.1 Å². The van der Waals surface area contributed by atoms with Crippen LogP contribution in [0, 0.1) is 0 Å². The van der Waals surface area contributed by atoms with Crippen molar-refractivity contribution in [2.45, 2.75) is 0 Å². The first-order valence-corrected chi connectivity index (χ1v) is 9.23. The number of aliphatic carboxylic acids is 1. The van der Waals surface area contributed by atoms with Gasteiger partial charge in [0.15, 0.2) is 18.1 Å². The molecule has 0 spiro atoms. The van der Waals surface area contributed by atoms with Crippen LogP contribution in [0.1, 0.15) is 15.9 Å². The number of benzene rings is 2. The van der Waals surface area contributed by atoms with E-state index in [0.29, 0.717) is 28.6 Å². The molecule has 32 heavy (non-hydrogen) atoms. The molecule has 0 aliphatic rings. The van der Waals surface area contributed by atoms with Crippen molar-refractivity contribution in [1.82, 2.24) is 10.7 Å². The van der Waals surface area contributed by atoms with E-state index in [1.54, 1.807) is 24.3 Å². The Balaban J connectivity index is 1.95. The van der Waals surface area contributed by atoms with E-state index < -0.39 is 24.4 Å². The van der Waals surface area contributed by atoms with Gasteiger partial charge in [-0.1, -0.05) is 12.1 Å². The van der Waals surface area contributed by atoms with Crippen LogP contribution in [-0.4, -0.2) is 63.6 Å². The van der Waals surface area contributed by atoms with Crippen LogP contribution in [0.5, 0.6) is 23.0 Å². The number of ether oxygens (including phenoxy) is 4. The maximum absolute atomic E-state index is 12.4. The Morgan fingerprint density at radius 3 is 2.25 bits per heavy atom. The molecule has 0 saturated heterocycles. The van der Waals surface area contributed by atoms with Crippen molar-refractivity contribution in [2.75, 3.05) is 34.5 Å². The molecule has 2 rings (SSSR count). The van der Waals surface area contributed by atoms with E-state index in [2.05, 4.69) is 15.8 Å². The number of rotatable bonds is 11. The van der Waals surface area contributed by atoms with Crippen molar-refractivity contribution >= 4 is 24.0 Å². The van der Waals surface area contributed by atoms with Gasteiger partial charge in [-0.15, -0.1) is 0 Å². The van der Waals surface area contributed by atoms with Crippen LogP contribution in [0.15, 0.2) is 41.5 Å². The number of carboxylic acid groups (broad SMARTS) is 1. The largest absolute Gasteiger partial charge is 0.493 e. The van der Waals surface area contributed by atoms with Crippen molar-refractivity contribution in [3.05, 3.63) is 47.5 Å². The highest BCUT2D eigenvalue weighted by atomic mass is 16.5. The van der Waals surface area contributed by atoms with Gasteiger partial charge < -0.3 is 29.4 Å². The zero-order chi connectivity index (χ0) is 23.5. The molecule has 3 N–H and O–H groups in total. The molecule has 170 valence electrons. The Morgan fingerprint density at radius 1 is 1.00 bits per heavy atom. The highest BCUT2D eigenvalue weighted by molar-refractivity contribution is 5.97. The SMILES string of the molecule is COc1cc(C(=O)NCC(=O)NN=Cc2ccccc2OCC(=O)O)cc(OC)c1OC. The van der Waals surface area contributed by atoms with Gasteiger partial charge in [0.25, 0.3) is 11.8 Å². The van der Waals surface area contributed by atoms with Crippen molar-refractivity contribution in [2.24, 2.45) is 5.10 Å². The van der Waals surface area contributed by atoms with Gasteiger partial charge in [-0.25, -0.2) is 10.2 Å². The van der Waals surface area contributed by atoms with Gasteiger partial charge in [-0.05, 0) is 24.3 Å². The van der Waals surface area contributed by atoms with Crippen molar-refractivity contribution in [1.29, 1.82) is 0 Å². The monoisotopic (exact) mass is 445 g/mol. The molecule has 2 aromatic carbocycles. The Hall–Kier alpha value is -4.28. The lowest BCUT2D eigenvalue weighted by atomic mass is 10.1. The summed E-state index contributed by atoms with van der Waals surface area (Å²) in [5.41, 5.74) is 2.94. The van der Waals surface area contributed by atoms with Gasteiger partial charge in [0.2, 0.25) is 5.75 Å². The van der Waals surface area contributed by atoms with Crippen LogP contribution in [0.4, 0.5) is 0 Å². The summed E-state index contributed by atoms with van der Waals surface area (Å²) in [6.45, 7) is -0.853. The van der Waals surface area contributed by atoms with Crippen LogP contribution in [0.2, 0.25) is 0 Å². The van der Waals surface area contributed by atoms with E-state index in [0.717, 1.165) is 0 Å². The summed E-state index contributed by atoms with van der Waals surface area (Å²) >= 11 is 0. The second-order valence-corrected chi connectivity index (χ2v) is 6.11. The third-order valence-corrected chi connectivity index (χ3v) is 4.00. The van der Waals surface area contributed by atoms with Gasteiger partial charge >= 0.3 is 5.97 Å². The lowest BCUT2D eigenvalue weighted by Gasteiger charge is -2.14. The van der Waals surface area contributed by atoms with Crippen LogP contribution >= 0.6 is 0 Å². The highest BCUT2D eigenvalue weighted by Crippen LogP contribution is 2.38. The van der Waals surface area contributed by atoms with Gasteiger partial charge in [0.1, 0.15) is 5.75 Å². The van der Waals surface area contributed by atoms with E-state index in [9.17, 15) is 14.4 Å². The number of para-hydroxylation sites is 1. The first kappa shape index (κ1) is 24.0. The smallest absolute Gasteiger partial charge is 0.341 e. The summed E-state index contributed by atoms with van der Waals surface area (Å²) in [4.78, 5) is 35.1. The number of hydrazone groups is 1. The number of methoxy groups -OCH3 is 3. The average molecular weight is 445 g/mol. The number of carbonyl (C=O) groups excluding carboxylic acids is 2. The Bertz CT molecular complexity index is 981. The summed E-state index contributed by atoms with van der Waals surface area (Å²) < 4.78 is 20.8. The zero-order valence-electron chi connectivity index (χ0n) is 17.7. The van der Waals surface area contributed by atoms with Crippen molar-refractivity contribution in [3.63, 3.8) is 0 Å². The number of carbonyl (C=O) groups is 3. The normalized spacial score (nSPS) is 10.3. The molecule has 0 aliphatic heterocycles. The molecule has 2 aromatic rings. The maximum atomic E-state index is 12.4. The fourth-order valence-electron chi connectivity index (χ4n) is 2.55. The van der Waals surface area contributed by atoms with E-state index in [1.165, 1.54) is 39.7 Å². The number of hydrogen-bond donors (Lipinski definition) is 3. The zero-order valence-corrected chi connectivity index (χ0v) is 17.7. The summed E-state index contributed by atoms with van der Waals surface area (Å²) in [5.74, 6) is -0.992. The molecule has 2 amide bonds. The molecule has 0 atom stereocenters. The number of amides is 2. The van der Waals surface area contributed by atoms with Gasteiger partial charge in [-0.2, -0.15) is 5.10 Å². The number of nitrogens with zero attached hydrogens (tertiary/aromatic N) is 1. The van der Waals surface area contributed by atoms with E-state index >= 15 is 0 Å². The quantitative estimate of drug-likeness (QED) is 0.344. The highest BCUT2D eigenvalue weighted by Gasteiger charge is 2.17. The van der Waals surface area contributed by atoms with Crippen LogP contribution in [0.3, 0.4) is 0 Å². The van der Waals surface area contributed by atoms with Crippen LogP contribution in [-0.2, 0) is 9.59 Å². The number of carboxylic acids is 1. The molecule has 11 heteroatoms. The molecule has 11 nitrogen and oxygen atoms in total. The minimum atomic E-state index is -1.12. The molecule has 0 radical (unpaired) electrons. The topological polar surface area (TPSA) is 145 Å². The Kier molecular flexibility index (Phi) is 8.84. The van der Waals surface area contributed by atoms with Gasteiger partial charge in [0, 0.05) is 11.1 Å². The molecule has 0 heterocycles. The second kappa shape index (κ2) is 11.8. The average Bonchev–Trinajstić information content (AvgIpc) is 2.80. The first-order valence-electron chi connectivity index (χ1n) is 9.23. The molecular weight excluding hydrogens is 422 g/mol. The molecule has 0 aliphatic carbocycles. The minimum Gasteiger partial charge on any atom is -0.493 e. The summed E-state index contributed by atoms with van der Waals surface area (Å²) in [7, 11) is 4.30. The Labute approximate surface area is 183 Å². The first-order chi connectivity index (χ1) is 15.4. The van der Waals surface area contributed by atoms with Crippen molar-refractivity contribution in [3.8, 4) is 23.0 Å². The van der Waals surface area contributed by atoms with Crippen molar-refractivity contribution < 1.29 is 38.4 Å². The molecular formula is C21H23N3O8. The number of nitrogens with one attached hydrogen (secondary N) is 2. The standard InChI is InChI=1S/C21H23N3O8/c1-29-16-8-14(9-17(30-2)20(16)31-3)21(28)22-11-18(25)24-23-10-13-6-4-5-7-15(13)32-12-19(26)27/h4-10H,11-12H2,1-3H3,(H,22,28)(H,24,25)(H,26,27). The fourth-order valence-corrected chi connectivity index (χ4v) is 2.55. The molecule has 0 bridgehead atoms. The fraction of sp³-hybridized carbons (Fsp3) is 0.238. The van der Waals surface area contributed by atoms with E-state index in [-0.39, 0.29) is 12.1 Å². The van der Waals surface area contributed by atoms with E-state index in [1.807, 2.05) is 0 Å². The van der Waals surface area contributed by atoms with Crippen LogP contribution < -0.4 is 29.7 Å². The number of hydrogen-bond acceptors (Lipinski definition) is 8. The molecule has 0 fully saturated rings. The molecule has 0 unspecified atom stereocenters. The second-order valence-electron chi connectivity index (χ2n) is 6.11. The predicted molar refractivity (Wildman–Crippen MR) is 114 cm³/mol. The third-order valence-electron chi connectivity index (χ3n) is 4.00. The maximum Gasteiger partial charge on any atom is 0.341 e. The summed E-state index contributed by atoms with van der Waals surface area (Å²) in [6, 6.07) is 9.50. The predicted octanol–water partition coefficient (Wildman–Crippen LogP) is 1.06. The van der Waals surface area contributed by atoms with Gasteiger partial charge in [-0.3, -0.25) is 9.59 Å². The summed E-state index contributed by atoms with van der Waals surface area (Å²) in [5, 5.41) is 15.0. The van der Waals surface area contributed by atoms with Crippen LogP contribution in [0.25, 0.3) is 0 Å².